The number of fused-ring (bicyclic) bond motifs is 1. The van der Waals surface area contributed by atoms with E-state index in [0.717, 1.165) is 18.4 Å². The van der Waals surface area contributed by atoms with Crippen LogP contribution in [0.25, 0.3) is 11.0 Å². The predicted molar refractivity (Wildman–Crippen MR) is 157 cm³/mol. The van der Waals surface area contributed by atoms with Crippen LogP contribution in [-0.2, 0) is 17.9 Å². The highest BCUT2D eigenvalue weighted by atomic mass is 19.3. The molecule has 0 saturated carbocycles. The Morgan fingerprint density at radius 2 is 1.88 bits per heavy atom. The number of hydrogen-bond donors (Lipinski definition) is 2. The normalized spacial score (nSPS) is 16.1. The molecule has 1 saturated heterocycles. The maximum atomic E-state index is 13.1. The van der Waals surface area contributed by atoms with Gasteiger partial charge in [-0.2, -0.15) is 0 Å². The van der Waals surface area contributed by atoms with Crippen LogP contribution in [-0.4, -0.2) is 61.0 Å². The summed E-state index contributed by atoms with van der Waals surface area (Å²) in [6.07, 6.45) is -0.790. The van der Waals surface area contributed by atoms with Crippen molar-refractivity contribution in [3.63, 3.8) is 0 Å². The summed E-state index contributed by atoms with van der Waals surface area (Å²) in [5.74, 6) is -0.453. The Hall–Kier alpha value is -4.28. The van der Waals surface area contributed by atoms with Gasteiger partial charge in [-0.1, -0.05) is 45.5 Å². The Bertz CT molecular complexity index is 1480. The Balaban J connectivity index is 1.70. The smallest absolute Gasteiger partial charge is 0.407 e. The Morgan fingerprint density at radius 3 is 2.48 bits per heavy atom. The molecule has 1 aliphatic rings. The van der Waals surface area contributed by atoms with E-state index in [4.69, 9.17) is 0 Å². The van der Waals surface area contributed by atoms with Gasteiger partial charge in [-0.25, -0.2) is 18.6 Å². The van der Waals surface area contributed by atoms with E-state index < -0.39 is 18.4 Å². The van der Waals surface area contributed by atoms with Gasteiger partial charge >= 0.3 is 6.09 Å². The molecule has 1 aliphatic heterocycles. The number of benzene rings is 2. The van der Waals surface area contributed by atoms with Gasteiger partial charge in [0, 0.05) is 36.8 Å². The number of carboxylic acid groups (broad SMARTS) is 1. The summed E-state index contributed by atoms with van der Waals surface area (Å²) in [6, 6.07) is 10.1. The average molecular weight is 582 g/mol. The average Bonchev–Trinajstić information content (AvgIpc) is 3.54. The third kappa shape index (κ3) is 6.61. The molecule has 0 radical (unpaired) electrons. The molecule has 9 nitrogen and oxygen atoms in total. The first-order valence-corrected chi connectivity index (χ1v) is 13.9. The molecular formula is C31H37F2N5O4. The lowest BCUT2D eigenvalue weighted by Crippen LogP contribution is -2.44. The summed E-state index contributed by atoms with van der Waals surface area (Å²) in [5.41, 5.74) is 1.71. The van der Waals surface area contributed by atoms with Crippen molar-refractivity contribution >= 4 is 34.9 Å². The molecule has 2 atom stereocenters. The molecule has 3 amide bonds. The first kappa shape index (κ1) is 30.7. The van der Waals surface area contributed by atoms with Gasteiger partial charge in [0.15, 0.2) is 0 Å². The Kier molecular flexibility index (Phi) is 8.98. The van der Waals surface area contributed by atoms with E-state index in [2.05, 4.69) is 16.9 Å². The van der Waals surface area contributed by atoms with E-state index in [1.807, 2.05) is 44.4 Å². The number of hydrogen-bond acceptors (Lipinski definition) is 4. The minimum absolute atomic E-state index is 0.149. The number of carbonyl (C=O) groups is 3. The van der Waals surface area contributed by atoms with E-state index in [1.165, 1.54) is 35.2 Å². The number of alkyl halides is 2. The third-order valence-corrected chi connectivity index (χ3v) is 8.01. The van der Waals surface area contributed by atoms with Gasteiger partial charge in [0.25, 0.3) is 12.3 Å². The number of rotatable bonds is 9. The van der Waals surface area contributed by atoms with Crippen molar-refractivity contribution in [2.75, 3.05) is 11.9 Å². The van der Waals surface area contributed by atoms with Crippen LogP contribution in [0.3, 0.4) is 0 Å². The minimum Gasteiger partial charge on any atom is -0.465 e. The van der Waals surface area contributed by atoms with Crippen molar-refractivity contribution in [1.29, 1.82) is 0 Å². The molecule has 2 heterocycles. The van der Waals surface area contributed by atoms with E-state index >= 15 is 0 Å². The van der Waals surface area contributed by atoms with Crippen LogP contribution in [0.1, 0.15) is 68.4 Å². The van der Waals surface area contributed by atoms with E-state index in [1.54, 1.807) is 11.0 Å². The molecule has 11 heteroatoms. The Labute approximate surface area is 243 Å². The number of anilines is 1. The fraction of sp³-hybridized carbons (Fsp3) is 0.419. The van der Waals surface area contributed by atoms with Crippen LogP contribution in [0.5, 0.6) is 0 Å². The largest absolute Gasteiger partial charge is 0.465 e. The van der Waals surface area contributed by atoms with Crippen molar-refractivity contribution < 1.29 is 28.3 Å². The Morgan fingerprint density at radius 1 is 1.19 bits per heavy atom. The second-order valence-electron chi connectivity index (χ2n) is 11.7. The van der Waals surface area contributed by atoms with Gasteiger partial charge in [0.2, 0.25) is 11.9 Å². The van der Waals surface area contributed by atoms with Crippen molar-refractivity contribution in [1.82, 2.24) is 19.4 Å². The molecule has 0 bridgehead atoms. The molecule has 2 N–H and O–H groups in total. The fourth-order valence-corrected chi connectivity index (χ4v) is 5.19. The molecule has 224 valence electrons. The monoisotopic (exact) mass is 581 g/mol. The van der Waals surface area contributed by atoms with Crippen LogP contribution >= 0.6 is 0 Å². The topological polar surface area (TPSA) is 108 Å². The number of imidazole rings is 1. The van der Waals surface area contributed by atoms with Crippen molar-refractivity contribution in [2.24, 2.45) is 5.41 Å². The number of amides is 3. The zero-order valence-electron chi connectivity index (χ0n) is 24.3. The summed E-state index contributed by atoms with van der Waals surface area (Å²) in [7, 11) is 0. The molecule has 2 unspecified atom stereocenters. The van der Waals surface area contributed by atoms with Crippen LogP contribution in [0.15, 0.2) is 55.1 Å². The summed E-state index contributed by atoms with van der Waals surface area (Å²) in [5, 5.41) is 12.7. The fourth-order valence-electron chi connectivity index (χ4n) is 5.19. The molecule has 3 aromatic rings. The zero-order chi connectivity index (χ0) is 30.8. The predicted octanol–water partition coefficient (Wildman–Crippen LogP) is 6.32. The second-order valence-corrected chi connectivity index (χ2v) is 11.7. The number of nitrogens with zero attached hydrogens (tertiary/aromatic N) is 4. The first-order valence-electron chi connectivity index (χ1n) is 13.9. The van der Waals surface area contributed by atoms with E-state index in [9.17, 15) is 28.3 Å². The third-order valence-electron chi connectivity index (χ3n) is 8.01. The lowest BCUT2D eigenvalue weighted by atomic mass is 9.87. The highest BCUT2D eigenvalue weighted by Gasteiger charge is 2.31. The van der Waals surface area contributed by atoms with Gasteiger partial charge in [-0.15, -0.1) is 0 Å². The number of aromatic nitrogens is 2. The van der Waals surface area contributed by atoms with E-state index in [-0.39, 0.29) is 47.0 Å². The highest BCUT2D eigenvalue weighted by molar-refractivity contribution is 6.04. The van der Waals surface area contributed by atoms with Gasteiger partial charge in [0.05, 0.1) is 17.1 Å². The quantitative estimate of drug-likeness (QED) is 0.288. The molecule has 1 fully saturated rings. The van der Waals surface area contributed by atoms with Gasteiger partial charge < -0.3 is 19.5 Å². The van der Waals surface area contributed by atoms with Gasteiger partial charge in [-0.3, -0.25) is 14.9 Å². The summed E-state index contributed by atoms with van der Waals surface area (Å²) < 4.78 is 27.8. The van der Waals surface area contributed by atoms with Gasteiger partial charge in [0.1, 0.15) is 0 Å². The second kappa shape index (κ2) is 12.3. The van der Waals surface area contributed by atoms with Crippen molar-refractivity contribution in [2.45, 2.75) is 72.1 Å². The number of likely N-dealkylation sites (tertiary alicyclic amines) is 1. The van der Waals surface area contributed by atoms with Crippen LogP contribution < -0.4 is 5.32 Å². The standard InChI is InChI=1S/C31H37F2N5O4/c1-6-26(39)36-15-7-8-23(36)18-38-25-14-9-20(17-37(30(41)42)19(2)31(3,4)5)16-24(25)34-29(38)35-28(40)22-12-10-21(11-13-22)27(32)33/h6,9-14,16,19,23,27H,1,7-8,15,17-18H2,2-5H3,(H,41,42)(H,34,35,40). The molecular weight excluding hydrogens is 544 g/mol. The zero-order valence-corrected chi connectivity index (χ0v) is 24.3. The minimum atomic E-state index is -2.64. The number of carbonyl (C=O) groups excluding carboxylic acids is 2. The molecule has 4 rings (SSSR count). The van der Waals surface area contributed by atoms with Crippen LogP contribution in [0.4, 0.5) is 19.5 Å². The highest BCUT2D eigenvalue weighted by Crippen LogP contribution is 2.29. The van der Waals surface area contributed by atoms with Crippen molar-refractivity contribution in [3.05, 3.63) is 71.8 Å². The van der Waals surface area contributed by atoms with Crippen LogP contribution in [0, 0.1) is 5.41 Å². The molecule has 1 aromatic heterocycles. The number of halogens is 2. The maximum Gasteiger partial charge on any atom is 0.407 e. The molecule has 2 aromatic carbocycles. The van der Waals surface area contributed by atoms with E-state index in [0.29, 0.717) is 24.1 Å². The van der Waals surface area contributed by atoms with Crippen molar-refractivity contribution in [3.8, 4) is 0 Å². The summed E-state index contributed by atoms with van der Waals surface area (Å²) in [4.78, 5) is 45.5. The first-order chi connectivity index (χ1) is 19.8. The SMILES string of the molecule is C=CC(=O)N1CCCC1Cn1c(NC(=O)c2ccc(C(F)F)cc2)nc2cc(CN(C(=O)O)C(C)C(C)(C)C)ccc21. The molecule has 42 heavy (non-hydrogen) atoms. The summed E-state index contributed by atoms with van der Waals surface area (Å²) >= 11 is 0. The van der Waals surface area contributed by atoms with Crippen LogP contribution in [0.2, 0.25) is 0 Å². The summed E-state index contributed by atoms with van der Waals surface area (Å²) in [6.45, 7) is 12.5. The molecule has 0 spiro atoms. The lowest BCUT2D eigenvalue weighted by Gasteiger charge is -2.36. The molecule has 0 aliphatic carbocycles. The lowest BCUT2D eigenvalue weighted by molar-refractivity contribution is -0.126. The van der Waals surface area contributed by atoms with Gasteiger partial charge in [-0.05, 0) is 61.1 Å². The maximum absolute atomic E-state index is 13.1. The number of nitrogens with one attached hydrogen (secondary N) is 1.